The van der Waals surface area contributed by atoms with E-state index >= 15 is 0 Å². The van der Waals surface area contributed by atoms with Gasteiger partial charge < -0.3 is 24.7 Å². The van der Waals surface area contributed by atoms with Crippen LogP contribution in [0.4, 0.5) is 0 Å². The van der Waals surface area contributed by atoms with E-state index in [2.05, 4.69) is 12.2 Å². The molecule has 1 N–H and O–H groups in total. The van der Waals surface area contributed by atoms with E-state index in [4.69, 9.17) is 14.6 Å². The predicted octanol–water partition coefficient (Wildman–Crippen LogP) is 0.574. The van der Waals surface area contributed by atoms with Crippen molar-refractivity contribution in [2.45, 2.75) is 51.5 Å². The number of carboxylic acids is 1. The Balaban J connectivity index is 0.00000338. The number of nitrogens with zero attached hydrogens (tertiary/aromatic N) is 1. The number of benzene rings is 1. The number of carboxylic acid groups (broad SMARTS) is 1. The van der Waals surface area contributed by atoms with E-state index in [9.17, 15) is 9.59 Å². The molecular weight excluding hydrogens is 345 g/mol. The van der Waals surface area contributed by atoms with Crippen LogP contribution in [0.15, 0.2) is 18.2 Å². The summed E-state index contributed by atoms with van der Waals surface area (Å²) >= 11 is 0. The van der Waals surface area contributed by atoms with Crippen LogP contribution < -0.4 is 39.0 Å². The van der Waals surface area contributed by atoms with E-state index in [1.54, 1.807) is 12.1 Å². The van der Waals surface area contributed by atoms with Gasteiger partial charge in [-0.25, -0.2) is 4.79 Å². The molecule has 7 heteroatoms. The number of amides is 1. The molecule has 26 heavy (non-hydrogen) atoms. The van der Waals surface area contributed by atoms with Crippen LogP contribution >= 0.6 is 0 Å². The molecule has 0 spiro atoms. The molecular formula is C19H26NNaO5. The van der Waals surface area contributed by atoms with Gasteiger partial charge in [-0.3, -0.25) is 0 Å². The van der Waals surface area contributed by atoms with Crippen molar-refractivity contribution in [1.82, 2.24) is 0 Å². The zero-order valence-corrected chi connectivity index (χ0v) is 17.9. The first-order chi connectivity index (χ1) is 12.0. The van der Waals surface area contributed by atoms with Crippen molar-refractivity contribution in [3.8, 4) is 11.5 Å². The van der Waals surface area contributed by atoms with E-state index < -0.39 is 12.6 Å². The topological polar surface area (TPSA) is 86.9 Å². The molecule has 138 valence electrons. The molecule has 0 unspecified atom stereocenters. The molecule has 1 aliphatic carbocycles. The second-order valence-electron chi connectivity index (χ2n) is 6.60. The summed E-state index contributed by atoms with van der Waals surface area (Å²) in [5, 5.41) is 13.0. The van der Waals surface area contributed by atoms with Gasteiger partial charge in [0.25, 0.3) is 0 Å². The fourth-order valence-corrected chi connectivity index (χ4v) is 3.02. The van der Waals surface area contributed by atoms with E-state index in [0.717, 1.165) is 37.2 Å². The SMILES string of the molecule is COc1cc(CCC(=O)[N-]C2CCC(C)CC2)ccc1OCC(=O)O.[Na+]. The molecule has 0 bridgehead atoms. The third-order valence-corrected chi connectivity index (χ3v) is 4.52. The molecule has 2 rings (SSSR count). The molecule has 6 nitrogen and oxygen atoms in total. The molecule has 0 aliphatic heterocycles. The minimum absolute atomic E-state index is 0. The smallest absolute Gasteiger partial charge is 0.651 e. The second kappa shape index (κ2) is 11.5. The summed E-state index contributed by atoms with van der Waals surface area (Å²) in [4.78, 5) is 22.7. The van der Waals surface area contributed by atoms with Crippen molar-refractivity contribution < 1.29 is 53.7 Å². The maximum Gasteiger partial charge on any atom is 1.00 e. The van der Waals surface area contributed by atoms with Crippen LogP contribution in [0, 0.1) is 5.92 Å². The molecule has 1 aliphatic rings. The summed E-state index contributed by atoms with van der Waals surface area (Å²) in [6.07, 6.45) is 5.26. The molecule has 1 aromatic carbocycles. The van der Waals surface area contributed by atoms with Crippen LogP contribution in [0.5, 0.6) is 11.5 Å². The Morgan fingerprint density at radius 3 is 2.50 bits per heavy atom. The largest absolute Gasteiger partial charge is 1.00 e. The van der Waals surface area contributed by atoms with Crippen molar-refractivity contribution in [3.05, 3.63) is 29.1 Å². The van der Waals surface area contributed by atoms with E-state index in [-0.39, 0.29) is 41.5 Å². The van der Waals surface area contributed by atoms with Crippen molar-refractivity contribution in [1.29, 1.82) is 0 Å². The van der Waals surface area contributed by atoms with Crippen LogP contribution in [0.3, 0.4) is 0 Å². The van der Waals surface area contributed by atoms with Gasteiger partial charge in [-0.15, -0.1) is 6.04 Å². The summed E-state index contributed by atoms with van der Waals surface area (Å²) in [5.41, 5.74) is 0.931. The van der Waals surface area contributed by atoms with E-state index in [1.165, 1.54) is 7.11 Å². The quantitative estimate of drug-likeness (QED) is 0.676. The Kier molecular flexibility index (Phi) is 10.1. The minimum Gasteiger partial charge on any atom is -0.651 e. The monoisotopic (exact) mass is 371 g/mol. The third-order valence-electron chi connectivity index (χ3n) is 4.52. The number of hydrogen-bond donors (Lipinski definition) is 1. The summed E-state index contributed by atoms with van der Waals surface area (Å²) in [6, 6.07) is 5.44. The zero-order chi connectivity index (χ0) is 18.2. The summed E-state index contributed by atoms with van der Waals surface area (Å²) in [5.74, 6) is 0.487. The molecule has 0 heterocycles. The van der Waals surface area contributed by atoms with Crippen LogP contribution in [-0.4, -0.2) is 36.7 Å². The Hall–Kier alpha value is -1.24. The number of carbonyl (C=O) groups is 2. The molecule has 1 saturated carbocycles. The van der Waals surface area contributed by atoms with Crippen LogP contribution in [0.2, 0.25) is 0 Å². The first-order valence-electron chi connectivity index (χ1n) is 8.73. The first kappa shape index (κ1) is 22.8. The summed E-state index contributed by atoms with van der Waals surface area (Å²) in [7, 11) is 1.50. The predicted molar refractivity (Wildman–Crippen MR) is 94.2 cm³/mol. The fourth-order valence-electron chi connectivity index (χ4n) is 3.02. The number of carbonyl (C=O) groups excluding carboxylic acids is 1. The number of methoxy groups -OCH3 is 1. The van der Waals surface area contributed by atoms with Gasteiger partial charge in [-0.05, 0) is 36.5 Å². The van der Waals surface area contributed by atoms with Crippen molar-refractivity contribution in [2.24, 2.45) is 5.92 Å². The van der Waals surface area contributed by atoms with Gasteiger partial charge in [0.2, 0.25) is 0 Å². The van der Waals surface area contributed by atoms with Crippen molar-refractivity contribution in [2.75, 3.05) is 13.7 Å². The molecule has 1 amide bonds. The average molecular weight is 371 g/mol. The summed E-state index contributed by atoms with van der Waals surface area (Å²) < 4.78 is 10.4. The van der Waals surface area contributed by atoms with Gasteiger partial charge in [0.1, 0.15) is 0 Å². The maximum absolute atomic E-state index is 12.1. The van der Waals surface area contributed by atoms with Gasteiger partial charge in [-0.1, -0.05) is 38.7 Å². The van der Waals surface area contributed by atoms with Crippen molar-refractivity contribution in [3.63, 3.8) is 0 Å². The van der Waals surface area contributed by atoms with Crippen molar-refractivity contribution >= 4 is 11.9 Å². The van der Waals surface area contributed by atoms with Gasteiger partial charge in [0.05, 0.1) is 13.0 Å². The number of aryl methyl sites for hydroxylation is 1. The molecule has 0 saturated heterocycles. The van der Waals surface area contributed by atoms with E-state index in [0.29, 0.717) is 24.3 Å². The maximum atomic E-state index is 12.1. The van der Waals surface area contributed by atoms with Crippen LogP contribution in [-0.2, 0) is 16.0 Å². The normalized spacial score (nSPS) is 19.2. The molecule has 0 radical (unpaired) electrons. The van der Waals surface area contributed by atoms with E-state index in [1.807, 2.05) is 6.07 Å². The Morgan fingerprint density at radius 1 is 1.19 bits per heavy atom. The number of aliphatic carboxylic acids is 1. The summed E-state index contributed by atoms with van der Waals surface area (Å²) in [6.45, 7) is 1.82. The Morgan fingerprint density at radius 2 is 1.88 bits per heavy atom. The van der Waals surface area contributed by atoms with Gasteiger partial charge >= 0.3 is 35.5 Å². The third kappa shape index (κ3) is 7.56. The first-order valence-corrected chi connectivity index (χ1v) is 8.73. The van der Waals surface area contributed by atoms with Crippen LogP contribution in [0.1, 0.15) is 44.6 Å². The standard InChI is InChI=1S/C19H27NO5.Na/c1-13-3-7-15(8-4-13)20-18(21)10-6-14-5-9-16(17(11-14)24-2)25-12-19(22)23;/h5,9,11,13,15H,3-4,6-8,10,12H2,1-2H3,(H2,20,21,22,23);/q;+1/p-1. The number of hydrogen-bond acceptors (Lipinski definition) is 4. The molecule has 1 aromatic rings. The zero-order valence-electron chi connectivity index (χ0n) is 15.9. The average Bonchev–Trinajstić information content (AvgIpc) is 2.60. The van der Waals surface area contributed by atoms with Crippen LogP contribution in [0.25, 0.3) is 5.32 Å². The molecule has 1 fully saturated rings. The Bertz CT molecular complexity index is 600. The minimum atomic E-state index is -1.05. The second-order valence-corrected chi connectivity index (χ2v) is 6.60. The number of ether oxygens (including phenoxy) is 2. The van der Waals surface area contributed by atoms with Gasteiger partial charge in [0.15, 0.2) is 18.1 Å². The van der Waals surface area contributed by atoms with Gasteiger partial charge in [-0.2, -0.15) is 0 Å². The molecule has 0 atom stereocenters. The Labute approximate surface area is 176 Å². The number of rotatable bonds is 8. The fraction of sp³-hybridized carbons (Fsp3) is 0.579. The molecule has 0 aromatic heterocycles. The van der Waals surface area contributed by atoms with Gasteiger partial charge in [0, 0.05) is 0 Å².